The molecule has 1 aromatic carbocycles. The van der Waals surface area contributed by atoms with Crippen molar-refractivity contribution < 1.29 is 9.13 Å². The molecule has 5 heteroatoms. The fraction of sp³-hybridized carbons (Fsp3) is 0.471. The molecule has 1 atom stereocenters. The van der Waals surface area contributed by atoms with Gasteiger partial charge < -0.3 is 10.5 Å². The van der Waals surface area contributed by atoms with Crippen molar-refractivity contribution in [3.63, 3.8) is 0 Å². The summed E-state index contributed by atoms with van der Waals surface area (Å²) in [5.74, 6) is -0.233. The average Bonchev–Trinajstić information content (AvgIpc) is 2.97. The molecule has 1 saturated heterocycles. The second-order valence-electron chi connectivity index (χ2n) is 6.56. The summed E-state index contributed by atoms with van der Waals surface area (Å²) in [4.78, 5) is 4.80. The monoisotopic (exact) mass is 320 g/mol. The first-order chi connectivity index (χ1) is 10.4. The van der Waals surface area contributed by atoms with Crippen molar-refractivity contribution in [1.29, 1.82) is 0 Å². The van der Waals surface area contributed by atoms with Crippen molar-refractivity contribution >= 4 is 11.3 Å². The van der Waals surface area contributed by atoms with Gasteiger partial charge >= 0.3 is 0 Å². The summed E-state index contributed by atoms with van der Waals surface area (Å²) in [6.07, 6.45) is 1.76. The molecule has 0 amide bonds. The second-order valence-corrected chi connectivity index (χ2v) is 7.42. The van der Waals surface area contributed by atoms with Crippen molar-refractivity contribution in [2.24, 2.45) is 5.73 Å². The van der Waals surface area contributed by atoms with Crippen molar-refractivity contribution in [3.8, 4) is 11.3 Å². The van der Waals surface area contributed by atoms with Crippen LogP contribution in [-0.4, -0.2) is 23.7 Å². The molecule has 0 spiro atoms. The Labute approximate surface area is 134 Å². The zero-order valence-electron chi connectivity index (χ0n) is 12.9. The molecule has 22 heavy (non-hydrogen) atoms. The number of hydrogen-bond donors (Lipinski definition) is 1. The van der Waals surface area contributed by atoms with Crippen LogP contribution < -0.4 is 5.73 Å². The zero-order chi connectivity index (χ0) is 15.8. The Morgan fingerprint density at radius 2 is 2.05 bits per heavy atom. The topological polar surface area (TPSA) is 48.1 Å². The van der Waals surface area contributed by atoms with Crippen molar-refractivity contribution in [2.75, 3.05) is 13.2 Å². The molecule has 1 fully saturated rings. The Balaban J connectivity index is 1.93. The van der Waals surface area contributed by atoms with Crippen LogP contribution in [0.3, 0.4) is 0 Å². The Kier molecular flexibility index (Phi) is 4.05. The Morgan fingerprint density at radius 3 is 2.68 bits per heavy atom. The largest absolute Gasteiger partial charge is 0.376 e. The van der Waals surface area contributed by atoms with Gasteiger partial charge in [0.2, 0.25) is 0 Å². The van der Waals surface area contributed by atoms with E-state index in [1.807, 2.05) is 5.38 Å². The van der Waals surface area contributed by atoms with Gasteiger partial charge in [-0.15, -0.1) is 11.3 Å². The summed E-state index contributed by atoms with van der Waals surface area (Å²) < 4.78 is 18.9. The lowest BCUT2D eigenvalue weighted by molar-refractivity contribution is -0.0806. The maximum atomic E-state index is 13.1. The lowest BCUT2D eigenvalue weighted by Gasteiger charge is -2.43. The third kappa shape index (κ3) is 2.93. The van der Waals surface area contributed by atoms with Crippen LogP contribution in [-0.2, 0) is 10.2 Å². The minimum atomic E-state index is -0.233. The van der Waals surface area contributed by atoms with Gasteiger partial charge in [-0.05, 0) is 51.0 Å². The highest BCUT2D eigenvalue weighted by atomic mass is 32.1. The van der Waals surface area contributed by atoms with E-state index in [1.54, 1.807) is 23.5 Å². The summed E-state index contributed by atoms with van der Waals surface area (Å²) in [5.41, 5.74) is 7.64. The molecule has 2 aromatic rings. The van der Waals surface area contributed by atoms with Gasteiger partial charge in [0.1, 0.15) is 10.8 Å². The first-order valence-corrected chi connectivity index (χ1v) is 8.38. The van der Waals surface area contributed by atoms with Crippen LogP contribution in [0.15, 0.2) is 29.6 Å². The van der Waals surface area contributed by atoms with Crippen LogP contribution in [0.25, 0.3) is 11.3 Å². The molecule has 118 valence electrons. The highest BCUT2D eigenvalue weighted by molar-refractivity contribution is 7.10. The number of ether oxygens (including phenoxy) is 1. The minimum Gasteiger partial charge on any atom is -0.376 e. The molecular formula is C17H21FN2OS. The normalized spacial score (nSPS) is 24.4. The summed E-state index contributed by atoms with van der Waals surface area (Å²) in [7, 11) is 0. The van der Waals surface area contributed by atoms with Gasteiger partial charge in [0.15, 0.2) is 0 Å². The van der Waals surface area contributed by atoms with Crippen LogP contribution in [0.4, 0.5) is 4.39 Å². The Hall–Kier alpha value is -1.30. The first-order valence-electron chi connectivity index (χ1n) is 7.50. The zero-order valence-corrected chi connectivity index (χ0v) is 13.8. The summed E-state index contributed by atoms with van der Waals surface area (Å²) in [5, 5.41) is 3.09. The molecule has 3 nitrogen and oxygen atoms in total. The van der Waals surface area contributed by atoms with E-state index in [0.717, 1.165) is 29.1 Å². The number of hydrogen-bond acceptors (Lipinski definition) is 4. The fourth-order valence-corrected chi connectivity index (χ4v) is 4.26. The van der Waals surface area contributed by atoms with Gasteiger partial charge in [-0.1, -0.05) is 0 Å². The molecule has 0 radical (unpaired) electrons. The third-order valence-corrected chi connectivity index (χ3v) is 5.41. The number of rotatable bonds is 3. The molecule has 1 aromatic heterocycles. The van der Waals surface area contributed by atoms with Gasteiger partial charge in [-0.2, -0.15) is 0 Å². The smallest absolute Gasteiger partial charge is 0.123 e. The van der Waals surface area contributed by atoms with E-state index in [4.69, 9.17) is 15.5 Å². The lowest BCUT2D eigenvalue weighted by Crippen LogP contribution is -2.48. The molecule has 1 aliphatic rings. The minimum absolute atomic E-state index is 0.120. The summed E-state index contributed by atoms with van der Waals surface area (Å²) in [6, 6.07) is 6.45. The highest BCUT2D eigenvalue weighted by Gasteiger charge is 2.43. The number of nitrogens with zero attached hydrogens (tertiary/aromatic N) is 1. The molecule has 0 aliphatic carbocycles. The Bertz CT molecular complexity index is 653. The SMILES string of the molecule is CC1(C)CC(CN)(c2nc(-c3ccc(F)cc3)cs2)CCO1. The Morgan fingerprint density at radius 1 is 1.32 bits per heavy atom. The molecule has 0 saturated carbocycles. The van der Waals surface area contributed by atoms with E-state index in [0.29, 0.717) is 13.2 Å². The third-order valence-electron chi connectivity index (χ3n) is 4.33. The maximum absolute atomic E-state index is 13.1. The quantitative estimate of drug-likeness (QED) is 0.937. The van der Waals surface area contributed by atoms with Gasteiger partial charge in [-0.25, -0.2) is 9.37 Å². The number of nitrogens with two attached hydrogens (primary N) is 1. The molecule has 3 rings (SSSR count). The molecule has 1 aliphatic heterocycles. The predicted molar refractivity (Wildman–Crippen MR) is 87.5 cm³/mol. The van der Waals surface area contributed by atoms with Gasteiger partial charge in [0.25, 0.3) is 0 Å². The summed E-state index contributed by atoms with van der Waals surface area (Å²) >= 11 is 1.64. The van der Waals surface area contributed by atoms with E-state index in [-0.39, 0.29) is 16.8 Å². The molecule has 0 bridgehead atoms. The van der Waals surface area contributed by atoms with Crippen LogP contribution in [0, 0.1) is 5.82 Å². The van der Waals surface area contributed by atoms with Crippen molar-refractivity contribution in [1.82, 2.24) is 4.98 Å². The second kappa shape index (κ2) is 5.72. The van der Waals surface area contributed by atoms with Crippen LogP contribution in [0.2, 0.25) is 0 Å². The van der Waals surface area contributed by atoms with E-state index >= 15 is 0 Å². The van der Waals surface area contributed by atoms with Crippen LogP contribution >= 0.6 is 11.3 Å². The van der Waals surface area contributed by atoms with Gasteiger partial charge in [0.05, 0.1) is 11.3 Å². The van der Waals surface area contributed by atoms with Crippen molar-refractivity contribution in [2.45, 2.75) is 37.7 Å². The molecular weight excluding hydrogens is 299 g/mol. The molecule has 2 N–H and O–H groups in total. The fourth-order valence-electron chi connectivity index (χ4n) is 3.19. The van der Waals surface area contributed by atoms with E-state index in [2.05, 4.69) is 13.8 Å². The lowest BCUT2D eigenvalue weighted by atomic mass is 9.74. The predicted octanol–water partition coefficient (Wildman–Crippen LogP) is 3.73. The number of halogens is 1. The van der Waals surface area contributed by atoms with Crippen LogP contribution in [0.5, 0.6) is 0 Å². The maximum Gasteiger partial charge on any atom is 0.123 e. The molecule has 2 heterocycles. The standard InChI is InChI=1S/C17H21FN2OS/c1-16(2)10-17(11-19,7-8-21-16)15-20-14(9-22-15)12-3-5-13(18)6-4-12/h3-6,9H,7-8,10-11,19H2,1-2H3. The van der Waals surface area contributed by atoms with E-state index < -0.39 is 0 Å². The average molecular weight is 320 g/mol. The van der Waals surface area contributed by atoms with Gasteiger partial charge in [0, 0.05) is 29.5 Å². The molecule has 1 unspecified atom stereocenters. The summed E-state index contributed by atoms with van der Waals surface area (Å²) in [6.45, 7) is 5.47. The number of thiazole rings is 1. The van der Waals surface area contributed by atoms with Crippen LogP contribution in [0.1, 0.15) is 31.7 Å². The highest BCUT2D eigenvalue weighted by Crippen LogP contribution is 2.42. The number of aromatic nitrogens is 1. The first kappa shape index (κ1) is 15.6. The van der Waals surface area contributed by atoms with E-state index in [9.17, 15) is 4.39 Å². The van der Waals surface area contributed by atoms with Gasteiger partial charge in [-0.3, -0.25) is 0 Å². The van der Waals surface area contributed by atoms with Crippen molar-refractivity contribution in [3.05, 3.63) is 40.5 Å². The number of benzene rings is 1. The van der Waals surface area contributed by atoms with E-state index in [1.165, 1.54) is 12.1 Å².